The zero-order valence-electron chi connectivity index (χ0n) is 14.2. The van der Waals surface area contributed by atoms with E-state index in [9.17, 15) is 4.79 Å². The summed E-state index contributed by atoms with van der Waals surface area (Å²) < 4.78 is 0. The molecule has 0 radical (unpaired) electrons. The van der Waals surface area contributed by atoms with Gasteiger partial charge in [-0.05, 0) is 24.1 Å². The summed E-state index contributed by atoms with van der Waals surface area (Å²) in [4.78, 5) is 16.4. The molecule has 0 fully saturated rings. The Morgan fingerprint density at radius 2 is 1.85 bits per heavy atom. The van der Waals surface area contributed by atoms with Gasteiger partial charge in [0.05, 0.1) is 22.5 Å². The molecule has 0 unspecified atom stereocenters. The van der Waals surface area contributed by atoms with Crippen LogP contribution in [-0.4, -0.2) is 27.2 Å². The van der Waals surface area contributed by atoms with E-state index >= 15 is 0 Å². The molecule has 4 rings (SSSR count). The van der Waals surface area contributed by atoms with Crippen molar-refractivity contribution in [2.45, 2.75) is 19.5 Å². The Morgan fingerprint density at radius 3 is 2.65 bits per heavy atom. The van der Waals surface area contributed by atoms with Gasteiger partial charge in [0.1, 0.15) is 0 Å². The number of benzene rings is 2. The van der Waals surface area contributed by atoms with E-state index in [1.54, 1.807) is 29.1 Å². The third-order valence-electron chi connectivity index (χ3n) is 4.61. The van der Waals surface area contributed by atoms with Gasteiger partial charge in [-0.2, -0.15) is 9.89 Å². The van der Waals surface area contributed by atoms with E-state index in [1.165, 1.54) is 5.56 Å². The predicted octanol–water partition coefficient (Wildman–Crippen LogP) is 3.48. The molecule has 0 bridgehead atoms. The standard InChI is InChI=1S/C20H19ClN4O/c21-18-9-5-4-8-17(18)20(26)23-25-19-14-24(13-16(19)12-22-25)11-10-15-6-2-1-3-7-15/h1-9,12H,10-11,13-14H2,(H,23,26). The second-order valence-electron chi connectivity index (χ2n) is 6.40. The lowest BCUT2D eigenvalue weighted by atomic mass is 10.1. The summed E-state index contributed by atoms with van der Waals surface area (Å²) in [6, 6.07) is 17.5. The maximum atomic E-state index is 12.5. The second kappa shape index (κ2) is 7.32. The Labute approximate surface area is 157 Å². The van der Waals surface area contributed by atoms with Crippen molar-refractivity contribution >= 4 is 17.5 Å². The minimum Gasteiger partial charge on any atom is -0.293 e. The second-order valence-corrected chi connectivity index (χ2v) is 6.80. The Kier molecular flexibility index (Phi) is 4.73. The number of carbonyl (C=O) groups is 1. The highest BCUT2D eigenvalue weighted by Gasteiger charge is 2.24. The van der Waals surface area contributed by atoms with Crippen molar-refractivity contribution in [3.05, 3.63) is 88.2 Å². The molecule has 1 aliphatic rings. The number of hydrogen-bond acceptors (Lipinski definition) is 3. The molecule has 0 aliphatic carbocycles. The zero-order valence-corrected chi connectivity index (χ0v) is 15.0. The van der Waals surface area contributed by atoms with Crippen LogP contribution in [0.1, 0.15) is 27.2 Å². The molecule has 0 saturated carbocycles. The molecule has 1 amide bonds. The molecule has 0 spiro atoms. The fraction of sp³-hybridized carbons (Fsp3) is 0.200. The molecule has 6 heteroatoms. The number of carbonyl (C=O) groups excluding carboxylic acids is 1. The van der Waals surface area contributed by atoms with Crippen LogP contribution in [0, 0.1) is 0 Å². The van der Waals surface area contributed by atoms with Gasteiger partial charge in [0.15, 0.2) is 0 Å². The van der Waals surface area contributed by atoms with Gasteiger partial charge in [0, 0.05) is 25.2 Å². The third-order valence-corrected chi connectivity index (χ3v) is 4.94. The summed E-state index contributed by atoms with van der Waals surface area (Å²) in [5, 5.41) is 4.73. The summed E-state index contributed by atoms with van der Waals surface area (Å²) in [6.45, 7) is 2.59. The molecule has 2 aromatic carbocycles. The summed E-state index contributed by atoms with van der Waals surface area (Å²) in [7, 11) is 0. The first kappa shape index (κ1) is 16.8. The number of amides is 1. The van der Waals surface area contributed by atoms with Gasteiger partial charge in [0.25, 0.3) is 5.91 Å². The van der Waals surface area contributed by atoms with Crippen LogP contribution in [-0.2, 0) is 19.5 Å². The first-order chi connectivity index (χ1) is 12.7. The average molecular weight is 367 g/mol. The largest absolute Gasteiger partial charge is 0.293 e. The van der Waals surface area contributed by atoms with Crippen molar-refractivity contribution in [3.8, 4) is 0 Å². The number of nitrogens with one attached hydrogen (secondary N) is 1. The van der Waals surface area contributed by atoms with Crippen LogP contribution in [0.2, 0.25) is 5.02 Å². The SMILES string of the molecule is O=C(Nn1ncc2c1CN(CCc1ccccc1)C2)c1ccccc1Cl. The van der Waals surface area contributed by atoms with Crippen molar-refractivity contribution in [1.82, 2.24) is 14.8 Å². The van der Waals surface area contributed by atoms with Gasteiger partial charge in [-0.1, -0.05) is 54.1 Å². The summed E-state index contributed by atoms with van der Waals surface area (Å²) in [5.74, 6) is -0.260. The van der Waals surface area contributed by atoms with Crippen molar-refractivity contribution in [1.29, 1.82) is 0 Å². The number of nitrogens with zero attached hydrogens (tertiary/aromatic N) is 3. The van der Waals surface area contributed by atoms with Crippen LogP contribution in [0.15, 0.2) is 60.8 Å². The van der Waals surface area contributed by atoms with Crippen LogP contribution in [0.5, 0.6) is 0 Å². The molecular weight excluding hydrogens is 348 g/mol. The summed E-state index contributed by atoms with van der Waals surface area (Å²) in [5.41, 5.74) is 6.78. The summed E-state index contributed by atoms with van der Waals surface area (Å²) in [6.07, 6.45) is 2.83. The smallest absolute Gasteiger partial charge is 0.272 e. The van der Waals surface area contributed by atoms with E-state index in [4.69, 9.17) is 11.6 Å². The first-order valence-electron chi connectivity index (χ1n) is 8.58. The number of fused-ring (bicyclic) bond motifs is 1. The van der Waals surface area contributed by atoms with Crippen molar-refractivity contribution in [2.24, 2.45) is 0 Å². The molecule has 3 aromatic rings. The fourth-order valence-electron chi connectivity index (χ4n) is 3.20. The average Bonchev–Trinajstić information content (AvgIpc) is 3.23. The third kappa shape index (κ3) is 3.49. The van der Waals surface area contributed by atoms with E-state index in [1.807, 2.05) is 12.3 Å². The highest BCUT2D eigenvalue weighted by Crippen LogP contribution is 2.22. The quantitative estimate of drug-likeness (QED) is 0.752. The van der Waals surface area contributed by atoms with Gasteiger partial charge in [0.2, 0.25) is 0 Å². The van der Waals surface area contributed by atoms with Gasteiger partial charge in [-0.25, -0.2) is 5.43 Å². The van der Waals surface area contributed by atoms with Gasteiger partial charge >= 0.3 is 0 Å². The lowest BCUT2D eigenvalue weighted by Crippen LogP contribution is -2.27. The Hall–Kier alpha value is -2.63. The maximum absolute atomic E-state index is 12.5. The first-order valence-corrected chi connectivity index (χ1v) is 8.96. The Morgan fingerprint density at radius 1 is 1.08 bits per heavy atom. The molecule has 2 heterocycles. The van der Waals surface area contributed by atoms with Crippen LogP contribution in [0.4, 0.5) is 0 Å². The van der Waals surface area contributed by atoms with E-state index in [-0.39, 0.29) is 5.91 Å². The highest BCUT2D eigenvalue weighted by atomic mass is 35.5. The lowest BCUT2D eigenvalue weighted by molar-refractivity contribution is 0.100. The molecule has 26 heavy (non-hydrogen) atoms. The molecule has 1 N–H and O–H groups in total. The summed E-state index contributed by atoms with van der Waals surface area (Å²) >= 11 is 6.10. The lowest BCUT2D eigenvalue weighted by Gasteiger charge is -2.15. The van der Waals surface area contributed by atoms with Gasteiger partial charge < -0.3 is 0 Å². The highest BCUT2D eigenvalue weighted by molar-refractivity contribution is 6.34. The fourth-order valence-corrected chi connectivity index (χ4v) is 3.43. The Balaban J connectivity index is 1.41. The molecular formula is C20H19ClN4O. The van der Waals surface area contributed by atoms with Crippen LogP contribution < -0.4 is 5.43 Å². The minimum atomic E-state index is -0.260. The van der Waals surface area contributed by atoms with Gasteiger partial charge in [-0.15, -0.1) is 0 Å². The van der Waals surface area contributed by atoms with E-state index in [0.29, 0.717) is 10.6 Å². The van der Waals surface area contributed by atoms with Crippen LogP contribution in [0.25, 0.3) is 0 Å². The van der Waals surface area contributed by atoms with E-state index < -0.39 is 0 Å². The molecule has 1 aromatic heterocycles. The normalized spacial score (nSPS) is 13.6. The van der Waals surface area contributed by atoms with Crippen molar-refractivity contribution in [3.63, 3.8) is 0 Å². The number of halogens is 1. The molecule has 132 valence electrons. The minimum absolute atomic E-state index is 0.260. The maximum Gasteiger partial charge on any atom is 0.272 e. The van der Waals surface area contributed by atoms with Gasteiger partial charge in [-0.3, -0.25) is 9.69 Å². The zero-order chi connectivity index (χ0) is 17.9. The molecule has 0 saturated heterocycles. The van der Waals surface area contributed by atoms with E-state index in [0.717, 1.165) is 37.3 Å². The van der Waals surface area contributed by atoms with Crippen LogP contribution in [0.3, 0.4) is 0 Å². The number of hydrogen-bond donors (Lipinski definition) is 1. The number of rotatable bonds is 5. The molecule has 5 nitrogen and oxygen atoms in total. The van der Waals surface area contributed by atoms with Crippen molar-refractivity contribution in [2.75, 3.05) is 12.0 Å². The molecule has 1 aliphatic heterocycles. The predicted molar refractivity (Wildman–Crippen MR) is 102 cm³/mol. The Bertz CT molecular complexity index is 923. The molecule has 0 atom stereocenters. The number of aromatic nitrogens is 2. The van der Waals surface area contributed by atoms with E-state index in [2.05, 4.69) is 39.7 Å². The topological polar surface area (TPSA) is 50.2 Å². The van der Waals surface area contributed by atoms with Crippen LogP contribution >= 0.6 is 11.6 Å². The van der Waals surface area contributed by atoms with Crippen molar-refractivity contribution < 1.29 is 4.79 Å². The monoisotopic (exact) mass is 366 g/mol.